The number of benzene rings is 1. The van der Waals surface area contributed by atoms with Crippen molar-refractivity contribution in [2.75, 3.05) is 26.4 Å². The molecule has 8 nitrogen and oxygen atoms in total. The van der Waals surface area contributed by atoms with Gasteiger partial charge in [-0.25, -0.2) is 0 Å². The van der Waals surface area contributed by atoms with Crippen LogP contribution in [-0.2, 0) is 9.57 Å². The topological polar surface area (TPSA) is 92.1 Å². The van der Waals surface area contributed by atoms with Gasteiger partial charge in [0.15, 0.2) is 17.6 Å². The molecule has 2 unspecified atom stereocenters. The van der Waals surface area contributed by atoms with Crippen molar-refractivity contribution < 1.29 is 24.1 Å². The van der Waals surface area contributed by atoms with Crippen LogP contribution in [0.1, 0.15) is 33.6 Å². The predicted molar refractivity (Wildman–Crippen MR) is 96.0 cm³/mol. The van der Waals surface area contributed by atoms with E-state index >= 15 is 0 Å². The summed E-state index contributed by atoms with van der Waals surface area (Å²) in [7, 11) is 0. The summed E-state index contributed by atoms with van der Waals surface area (Å²) < 4.78 is 17.1. The Labute approximate surface area is 153 Å². The minimum atomic E-state index is -0.793. The van der Waals surface area contributed by atoms with Crippen LogP contribution in [-0.4, -0.2) is 49.2 Å². The van der Waals surface area contributed by atoms with Crippen LogP contribution >= 0.6 is 0 Å². The van der Waals surface area contributed by atoms with E-state index < -0.39 is 11.2 Å². The largest absolute Gasteiger partial charge is 0.487 e. The van der Waals surface area contributed by atoms with Crippen molar-refractivity contribution in [3.05, 3.63) is 34.4 Å². The third-order valence-corrected chi connectivity index (χ3v) is 3.82. The molecule has 1 aliphatic rings. The van der Waals surface area contributed by atoms with Crippen molar-refractivity contribution in [2.45, 2.75) is 51.4 Å². The summed E-state index contributed by atoms with van der Waals surface area (Å²) in [6.07, 6.45) is 1.41. The number of ether oxygens (including phenoxy) is 3. The fourth-order valence-corrected chi connectivity index (χ4v) is 2.50. The van der Waals surface area contributed by atoms with Crippen molar-refractivity contribution in [1.82, 2.24) is 5.32 Å². The molecule has 0 amide bonds. The molecule has 0 aromatic heterocycles. The average molecular weight is 368 g/mol. The fraction of sp³-hybridized carbons (Fsp3) is 0.667. The Morgan fingerprint density at radius 1 is 1.31 bits per heavy atom. The monoisotopic (exact) mass is 368 g/mol. The Hall–Kier alpha value is -2.06. The maximum absolute atomic E-state index is 10.7. The number of rotatable bonds is 10. The van der Waals surface area contributed by atoms with E-state index in [2.05, 4.69) is 5.32 Å². The highest BCUT2D eigenvalue weighted by Crippen LogP contribution is 2.27. The van der Waals surface area contributed by atoms with Crippen LogP contribution in [0.4, 0.5) is 0 Å². The van der Waals surface area contributed by atoms with Gasteiger partial charge in [0.25, 0.3) is 5.09 Å². The maximum atomic E-state index is 10.7. The average Bonchev–Trinajstić information content (AvgIpc) is 3.08. The number of nitrogens with zero attached hydrogens (tertiary/aromatic N) is 1. The molecule has 0 saturated carbocycles. The first-order chi connectivity index (χ1) is 12.3. The van der Waals surface area contributed by atoms with Gasteiger partial charge < -0.3 is 24.4 Å². The lowest BCUT2D eigenvalue weighted by Crippen LogP contribution is -2.44. The van der Waals surface area contributed by atoms with E-state index in [0.717, 1.165) is 19.4 Å². The third-order valence-electron chi connectivity index (χ3n) is 3.82. The normalized spacial score (nSPS) is 18.3. The molecule has 146 valence electrons. The van der Waals surface area contributed by atoms with Crippen LogP contribution < -0.4 is 14.8 Å². The highest BCUT2D eigenvalue weighted by atomic mass is 17.0. The molecule has 1 saturated heterocycles. The number of hydrogen-bond donors (Lipinski definition) is 1. The maximum Gasteiger partial charge on any atom is 0.294 e. The van der Waals surface area contributed by atoms with Crippen LogP contribution in [0.5, 0.6) is 11.5 Å². The molecular formula is C18H28N2O6. The van der Waals surface area contributed by atoms with E-state index in [9.17, 15) is 10.1 Å². The van der Waals surface area contributed by atoms with Gasteiger partial charge in [-0.15, -0.1) is 10.1 Å². The molecule has 0 bridgehead atoms. The summed E-state index contributed by atoms with van der Waals surface area (Å²) in [6, 6.07) is 7.25. The lowest BCUT2D eigenvalue weighted by molar-refractivity contribution is -0.768. The fourth-order valence-electron chi connectivity index (χ4n) is 2.50. The Balaban J connectivity index is 1.91. The molecule has 26 heavy (non-hydrogen) atoms. The van der Waals surface area contributed by atoms with Gasteiger partial charge in [-0.3, -0.25) is 0 Å². The van der Waals surface area contributed by atoms with E-state index in [0.29, 0.717) is 24.7 Å². The quantitative estimate of drug-likeness (QED) is 0.501. The van der Waals surface area contributed by atoms with E-state index in [-0.39, 0.29) is 18.2 Å². The van der Waals surface area contributed by atoms with E-state index in [1.807, 2.05) is 32.9 Å². The summed E-state index contributed by atoms with van der Waals surface area (Å²) in [4.78, 5) is 15.4. The van der Waals surface area contributed by atoms with Crippen LogP contribution in [0.15, 0.2) is 24.3 Å². The zero-order chi connectivity index (χ0) is 19.0. The van der Waals surface area contributed by atoms with Crippen molar-refractivity contribution in [3.63, 3.8) is 0 Å². The minimum Gasteiger partial charge on any atom is -0.487 e. The summed E-state index contributed by atoms with van der Waals surface area (Å²) in [5.74, 6) is 1.12. The first-order valence-corrected chi connectivity index (χ1v) is 8.86. The first kappa shape index (κ1) is 20.3. The third kappa shape index (κ3) is 7.45. The summed E-state index contributed by atoms with van der Waals surface area (Å²) in [5, 5.41) is 13.1. The predicted octanol–water partition coefficient (Wildman–Crippen LogP) is 2.59. The second-order valence-electron chi connectivity index (χ2n) is 7.29. The Kier molecular flexibility index (Phi) is 7.47. The highest BCUT2D eigenvalue weighted by Gasteiger charge is 2.20. The molecule has 0 aliphatic carbocycles. The molecule has 2 rings (SSSR count). The molecule has 1 aliphatic heterocycles. The summed E-state index contributed by atoms with van der Waals surface area (Å²) in [5.41, 5.74) is -0.180. The van der Waals surface area contributed by atoms with Gasteiger partial charge >= 0.3 is 0 Å². The molecular weight excluding hydrogens is 340 g/mol. The summed E-state index contributed by atoms with van der Waals surface area (Å²) >= 11 is 0. The SMILES string of the molecule is CC(C)(C)NCC(COc1ccccc1OCC1CCCO1)O[N+](=O)[O-]. The number of nitrogens with one attached hydrogen (secondary N) is 1. The smallest absolute Gasteiger partial charge is 0.294 e. The van der Waals surface area contributed by atoms with E-state index in [1.54, 1.807) is 12.1 Å². The molecule has 1 fully saturated rings. The molecule has 1 heterocycles. The second kappa shape index (κ2) is 9.59. The Bertz CT molecular complexity index is 569. The molecule has 1 aromatic carbocycles. The molecule has 0 spiro atoms. The van der Waals surface area contributed by atoms with Crippen LogP contribution in [0.2, 0.25) is 0 Å². The summed E-state index contributed by atoms with van der Waals surface area (Å²) in [6.45, 7) is 7.49. The lowest BCUT2D eigenvalue weighted by atomic mass is 10.1. The Morgan fingerprint density at radius 2 is 2.00 bits per heavy atom. The van der Waals surface area contributed by atoms with Gasteiger partial charge in [-0.1, -0.05) is 12.1 Å². The lowest BCUT2D eigenvalue weighted by Gasteiger charge is -2.24. The standard InChI is InChI=1S/C18H28N2O6/c1-18(2,3)19-11-15(26-20(21)22)13-25-17-9-5-4-8-16(17)24-12-14-7-6-10-23-14/h4-5,8-9,14-15,19H,6-7,10-13H2,1-3H3. The molecule has 2 atom stereocenters. The van der Waals surface area contributed by atoms with Gasteiger partial charge in [0, 0.05) is 18.7 Å². The van der Waals surface area contributed by atoms with Crippen molar-refractivity contribution in [3.8, 4) is 11.5 Å². The molecule has 8 heteroatoms. The molecule has 0 radical (unpaired) electrons. The van der Waals surface area contributed by atoms with Gasteiger partial charge in [0.2, 0.25) is 0 Å². The van der Waals surface area contributed by atoms with Gasteiger partial charge in [-0.05, 0) is 45.7 Å². The Morgan fingerprint density at radius 3 is 2.58 bits per heavy atom. The number of para-hydroxylation sites is 2. The minimum absolute atomic E-state index is 0.0321. The first-order valence-electron chi connectivity index (χ1n) is 8.86. The van der Waals surface area contributed by atoms with Crippen LogP contribution in [0, 0.1) is 10.1 Å². The zero-order valence-corrected chi connectivity index (χ0v) is 15.6. The van der Waals surface area contributed by atoms with Gasteiger partial charge in [-0.2, -0.15) is 0 Å². The zero-order valence-electron chi connectivity index (χ0n) is 15.6. The van der Waals surface area contributed by atoms with E-state index in [4.69, 9.17) is 19.0 Å². The van der Waals surface area contributed by atoms with Crippen molar-refractivity contribution in [1.29, 1.82) is 0 Å². The molecule has 1 N–H and O–H groups in total. The highest BCUT2D eigenvalue weighted by molar-refractivity contribution is 5.39. The second-order valence-corrected chi connectivity index (χ2v) is 7.29. The van der Waals surface area contributed by atoms with E-state index in [1.165, 1.54) is 0 Å². The van der Waals surface area contributed by atoms with Crippen LogP contribution in [0.3, 0.4) is 0 Å². The van der Waals surface area contributed by atoms with Gasteiger partial charge in [0.1, 0.15) is 13.2 Å². The number of hydrogen-bond acceptors (Lipinski definition) is 7. The molecule has 1 aromatic rings. The van der Waals surface area contributed by atoms with Gasteiger partial charge in [0.05, 0.1) is 6.10 Å². The van der Waals surface area contributed by atoms with Crippen LogP contribution in [0.25, 0.3) is 0 Å². The van der Waals surface area contributed by atoms with Crippen molar-refractivity contribution >= 4 is 0 Å². The van der Waals surface area contributed by atoms with Crippen molar-refractivity contribution in [2.24, 2.45) is 0 Å².